The van der Waals surface area contributed by atoms with Gasteiger partial charge in [-0.1, -0.05) is 23.8 Å². The molecule has 1 aliphatic heterocycles. The predicted octanol–water partition coefficient (Wildman–Crippen LogP) is 3.78. The number of ether oxygens (including phenoxy) is 3. The lowest BCUT2D eigenvalue weighted by Gasteiger charge is -2.26. The number of hydrogen-bond donors (Lipinski definition) is 1. The van der Waals surface area contributed by atoms with Crippen molar-refractivity contribution in [1.82, 2.24) is 4.90 Å². The average molecular weight is 440 g/mol. The lowest BCUT2D eigenvalue weighted by molar-refractivity contribution is -0.140. The maximum absolute atomic E-state index is 13.1. The zero-order chi connectivity index (χ0) is 23.4. The van der Waals surface area contributed by atoms with E-state index in [1.165, 1.54) is 19.1 Å². The van der Waals surface area contributed by atoms with Gasteiger partial charge in [-0.3, -0.25) is 9.59 Å². The molecule has 0 bridgehead atoms. The van der Waals surface area contributed by atoms with Crippen LogP contribution in [0.15, 0.2) is 42.0 Å². The Morgan fingerprint density at radius 2 is 1.81 bits per heavy atom. The highest BCUT2D eigenvalue weighted by atomic mass is 16.5. The Balaban J connectivity index is 2.22. The minimum Gasteiger partial charge on any atom is -0.507 e. The van der Waals surface area contributed by atoms with E-state index < -0.39 is 17.7 Å². The van der Waals surface area contributed by atoms with Gasteiger partial charge in [0.25, 0.3) is 11.7 Å². The Kier molecular flexibility index (Phi) is 7.20. The molecule has 7 heteroatoms. The molecule has 2 aromatic rings. The van der Waals surface area contributed by atoms with Crippen LogP contribution >= 0.6 is 0 Å². The van der Waals surface area contributed by atoms with E-state index in [1.807, 2.05) is 39.0 Å². The maximum Gasteiger partial charge on any atom is 0.295 e. The number of carbonyl (C=O) groups excluding carboxylic acids is 2. The Labute approximate surface area is 188 Å². The van der Waals surface area contributed by atoms with Crippen molar-refractivity contribution in [2.24, 2.45) is 0 Å². The Hall–Kier alpha value is -3.32. The van der Waals surface area contributed by atoms with Crippen LogP contribution in [0.4, 0.5) is 0 Å². The van der Waals surface area contributed by atoms with Crippen LogP contribution in [0.2, 0.25) is 0 Å². The lowest BCUT2D eigenvalue weighted by Crippen LogP contribution is -2.32. The molecule has 1 aliphatic rings. The molecule has 32 heavy (non-hydrogen) atoms. The van der Waals surface area contributed by atoms with Crippen molar-refractivity contribution in [3.63, 3.8) is 0 Å². The van der Waals surface area contributed by atoms with Crippen LogP contribution in [0.5, 0.6) is 11.5 Å². The third-order valence-corrected chi connectivity index (χ3v) is 5.53. The zero-order valence-corrected chi connectivity index (χ0v) is 19.1. The standard InChI is InChI=1S/C25H29NO6/c1-6-32-19-10-9-17(14-20(19)31-5)22-21(24(28)25(29)26(22)11-12-30-4)23(27)18-13-15(2)7-8-16(18)3/h7-10,13-14,22,27H,6,11-12H2,1-5H3. The van der Waals surface area contributed by atoms with Gasteiger partial charge in [0.15, 0.2) is 11.5 Å². The van der Waals surface area contributed by atoms with E-state index >= 15 is 0 Å². The summed E-state index contributed by atoms with van der Waals surface area (Å²) in [5.41, 5.74) is 2.94. The van der Waals surface area contributed by atoms with Crippen LogP contribution in [-0.2, 0) is 14.3 Å². The molecular formula is C25H29NO6. The molecule has 7 nitrogen and oxygen atoms in total. The number of methoxy groups -OCH3 is 2. The fourth-order valence-corrected chi connectivity index (χ4v) is 3.91. The van der Waals surface area contributed by atoms with Gasteiger partial charge in [-0.05, 0) is 50.1 Å². The van der Waals surface area contributed by atoms with Gasteiger partial charge in [0.1, 0.15) is 5.76 Å². The van der Waals surface area contributed by atoms with E-state index in [2.05, 4.69) is 0 Å². The number of amides is 1. The number of ketones is 1. The normalized spacial score (nSPS) is 17.7. The molecule has 0 radical (unpaired) electrons. The average Bonchev–Trinajstić information content (AvgIpc) is 3.04. The van der Waals surface area contributed by atoms with E-state index in [9.17, 15) is 14.7 Å². The Bertz CT molecular complexity index is 1060. The van der Waals surface area contributed by atoms with Crippen molar-refractivity contribution in [2.75, 3.05) is 34.0 Å². The molecule has 1 amide bonds. The number of aliphatic hydroxyl groups is 1. The largest absolute Gasteiger partial charge is 0.507 e. The van der Waals surface area contributed by atoms with Gasteiger partial charge < -0.3 is 24.2 Å². The summed E-state index contributed by atoms with van der Waals surface area (Å²) in [5, 5.41) is 11.2. The number of carbonyl (C=O) groups is 2. The van der Waals surface area contributed by atoms with Gasteiger partial charge >= 0.3 is 0 Å². The fourth-order valence-electron chi connectivity index (χ4n) is 3.91. The SMILES string of the molecule is CCOc1ccc(C2C(=C(O)c3cc(C)ccc3C)C(=O)C(=O)N2CCOC)cc1OC. The van der Waals surface area contributed by atoms with E-state index in [4.69, 9.17) is 14.2 Å². The quantitative estimate of drug-likeness (QED) is 0.383. The third kappa shape index (κ3) is 4.34. The van der Waals surface area contributed by atoms with E-state index in [-0.39, 0.29) is 24.5 Å². The molecule has 0 aromatic heterocycles. The summed E-state index contributed by atoms with van der Waals surface area (Å²) < 4.78 is 16.2. The van der Waals surface area contributed by atoms with Crippen molar-refractivity contribution in [3.05, 3.63) is 64.2 Å². The number of nitrogens with zero attached hydrogens (tertiary/aromatic N) is 1. The third-order valence-electron chi connectivity index (χ3n) is 5.53. The summed E-state index contributed by atoms with van der Waals surface area (Å²) in [6, 6.07) is 10.1. The second-order valence-corrected chi connectivity index (χ2v) is 7.65. The lowest BCUT2D eigenvalue weighted by atomic mass is 9.93. The van der Waals surface area contributed by atoms with Gasteiger partial charge in [0.05, 0.1) is 31.9 Å². The highest BCUT2D eigenvalue weighted by molar-refractivity contribution is 6.46. The highest BCUT2D eigenvalue weighted by Crippen LogP contribution is 2.42. The van der Waals surface area contributed by atoms with E-state index in [1.54, 1.807) is 18.2 Å². The van der Waals surface area contributed by atoms with Crippen molar-refractivity contribution in [2.45, 2.75) is 26.8 Å². The molecule has 0 saturated carbocycles. The zero-order valence-electron chi connectivity index (χ0n) is 19.1. The molecule has 0 spiro atoms. The summed E-state index contributed by atoms with van der Waals surface area (Å²) in [4.78, 5) is 27.5. The molecule has 2 aromatic carbocycles. The summed E-state index contributed by atoms with van der Waals surface area (Å²) in [6.45, 7) is 6.55. The highest BCUT2D eigenvalue weighted by Gasteiger charge is 2.46. The number of aliphatic hydroxyl groups excluding tert-OH is 1. The maximum atomic E-state index is 13.1. The second kappa shape index (κ2) is 9.87. The molecule has 1 saturated heterocycles. The fraction of sp³-hybridized carbons (Fsp3) is 0.360. The van der Waals surface area contributed by atoms with Crippen molar-refractivity contribution in [1.29, 1.82) is 0 Å². The van der Waals surface area contributed by atoms with E-state index in [0.717, 1.165) is 11.1 Å². The van der Waals surface area contributed by atoms with E-state index in [0.29, 0.717) is 29.2 Å². The summed E-state index contributed by atoms with van der Waals surface area (Å²) in [6.07, 6.45) is 0. The number of hydrogen-bond acceptors (Lipinski definition) is 6. The topological polar surface area (TPSA) is 85.3 Å². The first kappa shape index (κ1) is 23.3. The predicted molar refractivity (Wildman–Crippen MR) is 121 cm³/mol. The molecule has 1 N–H and O–H groups in total. The van der Waals surface area contributed by atoms with Gasteiger partial charge in [0, 0.05) is 19.2 Å². The van der Waals surface area contributed by atoms with Gasteiger partial charge in [-0.15, -0.1) is 0 Å². The Morgan fingerprint density at radius 3 is 2.47 bits per heavy atom. The number of Topliss-reactive ketones (excluding diaryl/α,β-unsaturated/α-hetero) is 1. The van der Waals surface area contributed by atoms with Crippen molar-refractivity contribution < 1.29 is 28.9 Å². The molecule has 170 valence electrons. The van der Waals surface area contributed by atoms with Gasteiger partial charge in [-0.2, -0.15) is 0 Å². The Morgan fingerprint density at radius 1 is 1.06 bits per heavy atom. The van der Waals surface area contributed by atoms with Crippen LogP contribution in [-0.4, -0.2) is 55.7 Å². The van der Waals surface area contributed by atoms with Crippen molar-refractivity contribution >= 4 is 17.4 Å². The van der Waals surface area contributed by atoms with Gasteiger partial charge in [0.2, 0.25) is 0 Å². The first-order valence-electron chi connectivity index (χ1n) is 10.5. The molecule has 1 heterocycles. The van der Waals surface area contributed by atoms with Crippen LogP contribution in [0, 0.1) is 13.8 Å². The molecule has 0 aliphatic carbocycles. The summed E-state index contributed by atoms with van der Waals surface area (Å²) >= 11 is 0. The number of benzene rings is 2. The first-order valence-corrected chi connectivity index (χ1v) is 10.5. The molecule has 1 fully saturated rings. The van der Waals surface area contributed by atoms with Gasteiger partial charge in [-0.25, -0.2) is 0 Å². The monoisotopic (exact) mass is 439 g/mol. The number of likely N-dealkylation sites (tertiary alicyclic amines) is 1. The van der Waals surface area contributed by atoms with Crippen molar-refractivity contribution in [3.8, 4) is 11.5 Å². The number of rotatable bonds is 8. The van der Waals surface area contributed by atoms with Crippen LogP contribution in [0.1, 0.15) is 35.2 Å². The minimum absolute atomic E-state index is 0.0472. The summed E-state index contributed by atoms with van der Waals surface area (Å²) in [7, 11) is 3.06. The minimum atomic E-state index is -0.783. The van der Waals surface area contributed by atoms with Crippen LogP contribution in [0.25, 0.3) is 5.76 Å². The molecule has 3 rings (SSSR count). The smallest absolute Gasteiger partial charge is 0.295 e. The molecule has 1 atom stereocenters. The first-order chi connectivity index (χ1) is 15.3. The van der Waals surface area contributed by atoms with Crippen LogP contribution < -0.4 is 9.47 Å². The number of aryl methyl sites for hydroxylation is 2. The molecular weight excluding hydrogens is 410 g/mol. The van der Waals surface area contributed by atoms with Crippen LogP contribution in [0.3, 0.4) is 0 Å². The molecule has 1 unspecified atom stereocenters. The summed E-state index contributed by atoms with van der Waals surface area (Å²) in [5.74, 6) is -0.554. The second-order valence-electron chi connectivity index (χ2n) is 7.65.